The number of ether oxygens (including phenoxy) is 2. The first-order chi connectivity index (χ1) is 9.51. The van der Waals surface area contributed by atoms with Gasteiger partial charge >= 0.3 is 5.97 Å². The molecular formula is C14H10F2O4. The van der Waals surface area contributed by atoms with Crippen LogP contribution in [0, 0.1) is 11.6 Å². The number of carboxylic acid groups (broad SMARTS) is 1. The highest BCUT2D eigenvalue weighted by Gasteiger charge is 2.15. The van der Waals surface area contributed by atoms with E-state index in [0.717, 1.165) is 18.2 Å². The van der Waals surface area contributed by atoms with Crippen molar-refractivity contribution in [3.8, 4) is 17.2 Å². The molecule has 0 radical (unpaired) electrons. The molecule has 0 amide bonds. The Hall–Kier alpha value is -2.63. The highest BCUT2D eigenvalue weighted by molar-refractivity contribution is 5.91. The molecule has 0 heterocycles. The van der Waals surface area contributed by atoms with Gasteiger partial charge in [-0.2, -0.15) is 0 Å². The molecule has 6 heteroatoms. The molecule has 0 bridgehead atoms. The summed E-state index contributed by atoms with van der Waals surface area (Å²) in [5.74, 6) is -2.95. The largest absolute Gasteiger partial charge is 0.497 e. The zero-order valence-electron chi connectivity index (χ0n) is 10.4. The summed E-state index contributed by atoms with van der Waals surface area (Å²) in [6.45, 7) is 0. The van der Waals surface area contributed by atoms with Gasteiger partial charge in [-0.15, -0.1) is 0 Å². The van der Waals surface area contributed by atoms with E-state index in [1.807, 2.05) is 0 Å². The van der Waals surface area contributed by atoms with Crippen molar-refractivity contribution in [2.75, 3.05) is 7.11 Å². The summed E-state index contributed by atoms with van der Waals surface area (Å²) >= 11 is 0. The smallest absolute Gasteiger partial charge is 0.339 e. The number of rotatable bonds is 4. The molecule has 2 rings (SSSR count). The number of carbonyl (C=O) groups is 1. The third kappa shape index (κ3) is 2.85. The Labute approximate surface area is 113 Å². The van der Waals surface area contributed by atoms with Crippen molar-refractivity contribution in [3.63, 3.8) is 0 Å². The van der Waals surface area contributed by atoms with Crippen molar-refractivity contribution in [1.82, 2.24) is 0 Å². The predicted molar refractivity (Wildman–Crippen MR) is 66.4 cm³/mol. The predicted octanol–water partition coefficient (Wildman–Crippen LogP) is 3.46. The number of methoxy groups -OCH3 is 1. The Morgan fingerprint density at radius 3 is 2.50 bits per heavy atom. The van der Waals surface area contributed by atoms with Gasteiger partial charge in [0.15, 0.2) is 11.6 Å². The third-order valence-corrected chi connectivity index (χ3v) is 2.53. The van der Waals surface area contributed by atoms with Gasteiger partial charge in [-0.3, -0.25) is 0 Å². The maximum atomic E-state index is 13.5. The van der Waals surface area contributed by atoms with E-state index >= 15 is 0 Å². The van der Waals surface area contributed by atoms with E-state index in [-0.39, 0.29) is 11.3 Å². The van der Waals surface area contributed by atoms with Crippen LogP contribution < -0.4 is 9.47 Å². The summed E-state index contributed by atoms with van der Waals surface area (Å²) in [6, 6.07) is 6.64. The van der Waals surface area contributed by atoms with E-state index in [2.05, 4.69) is 0 Å². The first-order valence-electron chi connectivity index (χ1n) is 5.55. The molecule has 2 aromatic carbocycles. The quantitative estimate of drug-likeness (QED) is 0.931. The van der Waals surface area contributed by atoms with E-state index in [1.165, 1.54) is 25.3 Å². The summed E-state index contributed by atoms with van der Waals surface area (Å²) in [5, 5.41) is 9.04. The number of halogens is 2. The van der Waals surface area contributed by atoms with Crippen LogP contribution in [0.25, 0.3) is 0 Å². The molecule has 0 unspecified atom stereocenters. The summed E-state index contributed by atoms with van der Waals surface area (Å²) < 4.78 is 36.7. The maximum absolute atomic E-state index is 13.5. The fourth-order valence-corrected chi connectivity index (χ4v) is 1.56. The average Bonchev–Trinajstić information content (AvgIpc) is 2.42. The van der Waals surface area contributed by atoms with E-state index in [4.69, 9.17) is 14.6 Å². The molecule has 0 aliphatic carbocycles. The lowest BCUT2D eigenvalue weighted by Gasteiger charge is -2.11. The molecule has 104 valence electrons. The van der Waals surface area contributed by atoms with Gasteiger partial charge in [0, 0.05) is 12.1 Å². The van der Waals surface area contributed by atoms with Crippen LogP contribution in [0.15, 0.2) is 36.4 Å². The van der Waals surface area contributed by atoms with Crippen molar-refractivity contribution in [3.05, 3.63) is 53.6 Å². The summed E-state index contributed by atoms with van der Waals surface area (Å²) in [5.41, 5.74) is -0.186. The number of carboxylic acids is 1. The van der Waals surface area contributed by atoms with Gasteiger partial charge in [0.2, 0.25) is 0 Å². The first kappa shape index (κ1) is 13.8. The Morgan fingerprint density at radius 1 is 1.10 bits per heavy atom. The van der Waals surface area contributed by atoms with Gasteiger partial charge in [-0.1, -0.05) is 0 Å². The lowest BCUT2D eigenvalue weighted by atomic mass is 10.2. The van der Waals surface area contributed by atoms with Crippen molar-refractivity contribution in [1.29, 1.82) is 0 Å². The molecular weight excluding hydrogens is 270 g/mol. The molecule has 0 spiro atoms. The summed E-state index contributed by atoms with van der Waals surface area (Å²) in [6.07, 6.45) is 0. The average molecular weight is 280 g/mol. The zero-order valence-corrected chi connectivity index (χ0v) is 10.4. The fraction of sp³-hybridized carbons (Fsp3) is 0.0714. The normalized spacial score (nSPS) is 10.2. The minimum Gasteiger partial charge on any atom is -0.497 e. The maximum Gasteiger partial charge on any atom is 0.339 e. The SMILES string of the molecule is COc1ccc(C(=O)O)c(Oc2cc(F)ccc2F)c1. The van der Waals surface area contributed by atoms with Gasteiger partial charge in [0.05, 0.1) is 7.11 Å². The van der Waals surface area contributed by atoms with Crippen LogP contribution in [0.4, 0.5) is 8.78 Å². The lowest BCUT2D eigenvalue weighted by Crippen LogP contribution is -2.01. The van der Waals surface area contributed by atoms with E-state index in [9.17, 15) is 13.6 Å². The van der Waals surface area contributed by atoms with Crippen LogP contribution in [-0.4, -0.2) is 18.2 Å². The molecule has 0 aromatic heterocycles. The Bertz CT molecular complexity index is 656. The zero-order chi connectivity index (χ0) is 14.7. The third-order valence-electron chi connectivity index (χ3n) is 2.53. The van der Waals surface area contributed by atoms with Crippen LogP contribution in [0.1, 0.15) is 10.4 Å². The molecule has 0 saturated heterocycles. The van der Waals surface area contributed by atoms with Gasteiger partial charge < -0.3 is 14.6 Å². The first-order valence-corrected chi connectivity index (χ1v) is 5.55. The molecule has 20 heavy (non-hydrogen) atoms. The van der Waals surface area contributed by atoms with E-state index in [1.54, 1.807) is 0 Å². The van der Waals surface area contributed by atoms with Crippen molar-refractivity contribution < 1.29 is 28.2 Å². The van der Waals surface area contributed by atoms with E-state index in [0.29, 0.717) is 5.75 Å². The minimum atomic E-state index is -1.25. The van der Waals surface area contributed by atoms with Crippen molar-refractivity contribution in [2.24, 2.45) is 0 Å². The molecule has 0 aliphatic rings. The number of benzene rings is 2. The molecule has 4 nitrogen and oxygen atoms in total. The Morgan fingerprint density at radius 2 is 1.85 bits per heavy atom. The number of aromatic carboxylic acids is 1. The van der Waals surface area contributed by atoms with Gasteiger partial charge in [-0.25, -0.2) is 13.6 Å². The Balaban J connectivity index is 2.45. The van der Waals surface area contributed by atoms with Crippen LogP contribution in [0.2, 0.25) is 0 Å². The molecule has 0 aliphatic heterocycles. The number of hydrogen-bond donors (Lipinski definition) is 1. The lowest BCUT2D eigenvalue weighted by molar-refractivity contribution is 0.0694. The fourth-order valence-electron chi connectivity index (χ4n) is 1.56. The summed E-state index contributed by atoms with van der Waals surface area (Å²) in [7, 11) is 1.39. The molecule has 2 aromatic rings. The highest BCUT2D eigenvalue weighted by Crippen LogP contribution is 2.31. The second-order valence-electron chi connectivity index (χ2n) is 3.84. The second kappa shape index (κ2) is 5.56. The standard InChI is InChI=1S/C14H10F2O4/c1-19-9-3-4-10(14(17)18)12(7-9)20-13-6-8(15)2-5-11(13)16/h2-7H,1H3,(H,17,18). The minimum absolute atomic E-state index is 0.138. The van der Waals surface area contributed by atoms with Crippen LogP contribution >= 0.6 is 0 Å². The van der Waals surface area contributed by atoms with Crippen LogP contribution in [-0.2, 0) is 0 Å². The highest BCUT2D eigenvalue weighted by atomic mass is 19.1. The molecule has 0 saturated carbocycles. The van der Waals surface area contributed by atoms with Gasteiger partial charge in [-0.05, 0) is 24.3 Å². The number of hydrogen-bond acceptors (Lipinski definition) is 3. The molecule has 1 N–H and O–H groups in total. The summed E-state index contributed by atoms with van der Waals surface area (Å²) in [4.78, 5) is 11.1. The van der Waals surface area contributed by atoms with Gasteiger partial charge in [0.1, 0.15) is 22.9 Å². The van der Waals surface area contributed by atoms with Crippen LogP contribution in [0.3, 0.4) is 0 Å². The van der Waals surface area contributed by atoms with Gasteiger partial charge in [0.25, 0.3) is 0 Å². The second-order valence-corrected chi connectivity index (χ2v) is 3.84. The van der Waals surface area contributed by atoms with Crippen molar-refractivity contribution >= 4 is 5.97 Å². The van der Waals surface area contributed by atoms with Crippen LogP contribution in [0.5, 0.6) is 17.2 Å². The molecule has 0 fully saturated rings. The van der Waals surface area contributed by atoms with E-state index < -0.39 is 23.4 Å². The topological polar surface area (TPSA) is 55.8 Å². The molecule has 0 atom stereocenters. The Kier molecular flexibility index (Phi) is 3.84. The van der Waals surface area contributed by atoms with Crippen molar-refractivity contribution in [2.45, 2.75) is 0 Å². The monoisotopic (exact) mass is 280 g/mol.